The van der Waals surface area contributed by atoms with Gasteiger partial charge in [-0.05, 0) is 75.2 Å². The average molecular weight is 394 g/mol. The predicted octanol–water partition coefficient (Wildman–Crippen LogP) is 8.03. The van der Waals surface area contributed by atoms with Crippen LogP contribution in [0.4, 0.5) is 17.6 Å². The lowest BCUT2D eigenvalue weighted by Gasteiger charge is -2.22. The van der Waals surface area contributed by atoms with Gasteiger partial charge < -0.3 is 0 Å². The summed E-state index contributed by atoms with van der Waals surface area (Å²) in [4.78, 5) is 0. The van der Waals surface area contributed by atoms with Crippen molar-refractivity contribution in [3.63, 3.8) is 0 Å². The topological polar surface area (TPSA) is 0 Å². The molecule has 1 aliphatic carbocycles. The fourth-order valence-corrected chi connectivity index (χ4v) is 4.55. The molecule has 4 heteroatoms. The number of halogens is 4. The van der Waals surface area contributed by atoms with E-state index in [1.165, 1.54) is 12.1 Å². The number of hydrogen-bond acceptors (Lipinski definition) is 0. The number of rotatable bonds is 1. The summed E-state index contributed by atoms with van der Waals surface area (Å²) in [6, 6.07) is 18.9. The molecule has 4 aromatic carbocycles. The van der Waals surface area contributed by atoms with Crippen LogP contribution in [0.15, 0.2) is 66.7 Å². The highest BCUT2D eigenvalue weighted by molar-refractivity contribution is 6.13. The van der Waals surface area contributed by atoms with Gasteiger partial charge in [-0.25, -0.2) is 4.39 Å². The molecule has 0 spiro atoms. The average Bonchev–Trinajstić information content (AvgIpc) is 2.72. The van der Waals surface area contributed by atoms with Crippen molar-refractivity contribution in [1.29, 1.82) is 0 Å². The Labute approximate surface area is 165 Å². The summed E-state index contributed by atoms with van der Waals surface area (Å²) >= 11 is 0. The third-order valence-corrected chi connectivity index (χ3v) is 5.93. The second-order valence-electron chi connectivity index (χ2n) is 7.63. The zero-order chi connectivity index (χ0) is 20.2. The summed E-state index contributed by atoms with van der Waals surface area (Å²) in [6.07, 6.45) is -3.06. The van der Waals surface area contributed by atoms with E-state index in [0.29, 0.717) is 12.0 Å². The molecule has 0 aromatic heterocycles. The fourth-order valence-electron chi connectivity index (χ4n) is 4.55. The van der Waals surface area contributed by atoms with Crippen molar-refractivity contribution in [3.8, 4) is 11.1 Å². The molecule has 0 bridgehead atoms. The first-order valence-corrected chi connectivity index (χ1v) is 9.72. The smallest absolute Gasteiger partial charge is 0.242 e. The lowest BCUT2D eigenvalue weighted by molar-refractivity contribution is -0.137. The highest BCUT2D eigenvalue weighted by Gasteiger charge is 2.30. The van der Waals surface area contributed by atoms with E-state index in [0.717, 1.165) is 57.1 Å². The third-order valence-electron chi connectivity index (χ3n) is 5.93. The minimum absolute atomic E-state index is 0.534. The maximum atomic E-state index is 14.3. The van der Waals surface area contributed by atoms with Gasteiger partial charge in [0.25, 0.3) is 0 Å². The molecule has 0 radical (unpaired) electrons. The van der Waals surface area contributed by atoms with Gasteiger partial charge in [-0.3, -0.25) is 0 Å². The first-order valence-electron chi connectivity index (χ1n) is 9.72. The van der Waals surface area contributed by atoms with Crippen molar-refractivity contribution in [2.75, 3.05) is 0 Å². The van der Waals surface area contributed by atoms with Crippen molar-refractivity contribution in [3.05, 3.63) is 83.4 Å². The van der Waals surface area contributed by atoms with Gasteiger partial charge in [-0.1, -0.05) is 54.6 Å². The Hall–Kier alpha value is -2.88. The Morgan fingerprint density at radius 1 is 0.759 bits per heavy atom. The van der Waals surface area contributed by atoms with Gasteiger partial charge in [0.1, 0.15) is 6.17 Å². The SMILES string of the molecule is FC1CCCc2c1ccc1c2ccc2c(-c3cccc(C(F)(F)F)c3)cccc21. The number of hydrogen-bond donors (Lipinski definition) is 0. The standard InChI is InChI=1S/C25H18F4/c26-24-9-3-8-19-22-11-10-20-17(15-4-1-5-16(14-15)25(27,28)29)6-2-7-18(20)21(22)12-13-23(19)24/h1-2,4-7,10-14,24H,3,8-9H2. The van der Waals surface area contributed by atoms with E-state index in [1.54, 1.807) is 6.07 Å². The predicted molar refractivity (Wildman–Crippen MR) is 109 cm³/mol. The molecule has 5 rings (SSSR count). The van der Waals surface area contributed by atoms with Gasteiger partial charge in [0, 0.05) is 0 Å². The highest BCUT2D eigenvalue weighted by atomic mass is 19.4. The van der Waals surface area contributed by atoms with Gasteiger partial charge >= 0.3 is 6.18 Å². The first-order chi connectivity index (χ1) is 13.9. The summed E-state index contributed by atoms with van der Waals surface area (Å²) in [5, 5.41) is 3.93. The van der Waals surface area contributed by atoms with E-state index < -0.39 is 17.9 Å². The molecule has 0 N–H and O–H groups in total. The van der Waals surface area contributed by atoms with Crippen molar-refractivity contribution >= 4 is 21.5 Å². The van der Waals surface area contributed by atoms with Crippen LogP contribution in [0, 0.1) is 0 Å². The van der Waals surface area contributed by atoms with Crippen molar-refractivity contribution in [1.82, 2.24) is 0 Å². The quantitative estimate of drug-likeness (QED) is 0.226. The molecule has 0 nitrogen and oxygen atoms in total. The minimum atomic E-state index is -4.38. The molecule has 4 aromatic rings. The summed E-state index contributed by atoms with van der Waals surface area (Å²) in [6.45, 7) is 0. The second-order valence-corrected chi connectivity index (χ2v) is 7.63. The van der Waals surface area contributed by atoms with Crippen molar-refractivity contribution in [2.24, 2.45) is 0 Å². The third kappa shape index (κ3) is 2.98. The summed E-state index contributed by atoms with van der Waals surface area (Å²) in [5.41, 5.74) is 2.48. The van der Waals surface area contributed by atoms with Crippen LogP contribution in [0.5, 0.6) is 0 Å². The Balaban J connectivity index is 1.75. The normalized spacial score (nSPS) is 16.9. The van der Waals surface area contributed by atoms with E-state index >= 15 is 0 Å². The molecule has 0 amide bonds. The molecule has 0 heterocycles. The minimum Gasteiger partial charge on any atom is -0.242 e. The monoisotopic (exact) mass is 394 g/mol. The maximum absolute atomic E-state index is 14.3. The van der Waals surface area contributed by atoms with Gasteiger partial charge in [0.2, 0.25) is 0 Å². The van der Waals surface area contributed by atoms with Crippen molar-refractivity contribution in [2.45, 2.75) is 31.6 Å². The van der Waals surface area contributed by atoms with Crippen LogP contribution in [0.25, 0.3) is 32.7 Å². The Kier molecular flexibility index (Phi) is 4.12. The van der Waals surface area contributed by atoms with Gasteiger partial charge in [-0.2, -0.15) is 13.2 Å². The lowest BCUT2D eigenvalue weighted by Crippen LogP contribution is -2.06. The molecule has 0 saturated carbocycles. The Morgan fingerprint density at radius 2 is 1.48 bits per heavy atom. The molecule has 0 fully saturated rings. The molecular formula is C25H18F4. The number of alkyl halides is 4. The van der Waals surface area contributed by atoms with E-state index in [2.05, 4.69) is 0 Å². The molecule has 1 aliphatic rings. The highest BCUT2D eigenvalue weighted by Crippen LogP contribution is 2.41. The van der Waals surface area contributed by atoms with Crippen molar-refractivity contribution < 1.29 is 17.6 Å². The van der Waals surface area contributed by atoms with Gasteiger partial charge in [-0.15, -0.1) is 0 Å². The van der Waals surface area contributed by atoms with E-state index in [1.807, 2.05) is 42.5 Å². The molecule has 0 aliphatic heterocycles. The zero-order valence-electron chi connectivity index (χ0n) is 15.6. The largest absolute Gasteiger partial charge is 0.416 e. The van der Waals surface area contributed by atoms with E-state index in [9.17, 15) is 17.6 Å². The zero-order valence-corrected chi connectivity index (χ0v) is 15.6. The molecule has 0 saturated heterocycles. The number of fused-ring (bicyclic) bond motifs is 5. The van der Waals surface area contributed by atoms with Crippen LogP contribution in [-0.2, 0) is 12.6 Å². The van der Waals surface area contributed by atoms with Crippen LogP contribution in [0.1, 0.15) is 35.7 Å². The number of aryl methyl sites for hydroxylation is 1. The van der Waals surface area contributed by atoms with Crippen LogP contribution in [0.3, 0.4) is 0 Å². The van der Waals surface area contributed by atoms with E-state index in [4.69, 9.17) is 0 Å². The van der Waals surface area contributed by atoms with Gasteiger partial charge in [0.05, 0.1) is 5.56 Å². The van der Waals surface area contributed by atoms with Gasteiger partial charge in [0.15, 0.2) is 0 Å². The second kappa shape index (κ2) is 6.58. The first kappa shape index (κ1) is 18.2. The summed E-state index contributed by atoms with van der Waals surface area (Å²) in [7, 11) is 0. The van der Waals surface area contributed by atoms with Crippen LogP contribution < -0.4 is 0 Å². The van der Waals surface area contributed by atoms with Crippen LogP contribution >= 0.6 is 0 Å². The molecule has 29 heavy (non-hydrogen) atoms. The molecule has 146 valence electrons. The van der Waals surface area contributed by atoms with E-state index in [-0.39, 0.29) is 0 Å². The number of benzene rings is 4. The summed E-state index contributed by atoms with van der Waals surface area (Å²) < 4.78 is 53.8. The molecule has 1 unspecified atom stereocenters. The maximum Gasteiger partial charge on any atom is 0.416 e. The Morgan fingerprint density at radius 3 is 2.31 bits per heavy atom. The lowest BCUT2D eigenvalue weighted by atomic mass is 9.85. The fraction of sp³-hybridized carbons (Fsp3) is 0.200. The van der Waals surface area contributed by atoms with Crippen LogP contribution in [-0.4, -0.2) is 0 Å². The summed E-state index contributed by atoms with van der Waals surface area (Å²) in [5.74, 6) is 0. The Bertz CT molecular complexity index is 1240. The van der Waals surface area contributed by atoms with Crippen LogP contribution in [0.2, 0.25) is 0 Å². The molecular weight excluding hydrogens is 376 g/mol. The molecule has 1 atom stereocenters.